The maximum absolute atomic E-state index is 8.70. The Balaban J connectivity index is 0. The molecule has 0 saturated heterocycles. The quantitative estimate of drug-likeness (QED) is 0.249. The van der Waals surface area contributed by atoms with E-state index in [0.717, 1.165) is 0 Å². The molecule has 0 radical (unpaired) electrons. The molecular formula is H2NaO3P+2. The van der Waals surface area contributed by atoms with Crippen LogP contribution in [0.3, 0.4) is 0 Å². The predicted octanol–water partition coefficient (Wildman–Crippen LogP) is -3.37. The van der Waals surface area contributed by atoms with Gasteiger partial charge in [0.05, 0.1) is 0 Å². The molecule has 0 aromatic rings. The van der Waals surface area contributed by atoms with Crippen molar-refractivity contribution in [3.63, 3.8) is 0 Å². The molecule has 0 bridgehead atoms. The molecule has 5 heteroatoms. The maximum atomic E-state index is 8.70. The third kappa shape index (κ3) is 44.0. The van der Waals surface area contributed by atoms with Crippen LogP contribution in [0.2, 0.25) is 0 Å². The van der Waals surface area contributed by atoms with E-state index in [2.05, 4.69) is 0 Å². The molecule has 0 heterocycles. The van der Waals surface area contributed by atoms with Crippen molar-refractivity contribution in [1.82, 2.24) is 0 Å². The summed E-state index contributed by atoms with van der Waals surface area (Å²) in [5.41, 5.74) is 0. The largest absolute Gasteiger partial charge is 1.00 e. The summed E-state index contributed by atoms with van der Waals surface area (Å²) in [6.45, 7) is 0. The summed E-state index contributed by atoms with van der Waals surface area (Å²) in [7, 11) is -2.87. The van der Waals surface area contributed by atoms with Crippen LogP contribution in [0.15, 0.2) is 0 Å². The molecule has 0 aromatic carbocycles. The summed E-state index contributed by atoms with van der Waals surface area (Å²) >= 11 is 0. The van der Waals surface area contributed by atoms with E-state index in [4.69, 9.17) is 14.4 Å². The van der Waals surface area contributed by atoms with E-state index in [0.29, 0.717) is 0 Å². The van der Waals surface area contributed by atoms with Crippen molar-refractivity contribution in [1.29, 1.82) is 0 Å². The van der Waals surface area contributed by atoms with Crippen molar-refractivity contribution in [2.45, 2.75) is 0 Å². The minimum atomic E-state index is -2.87. The molecule has 0 aromatic heterocycles. The zero-order chi connectivity index (χ0) is 3.58. The molecule has 0 rings (SSSR count). The fraction of sp³-hybridized carbons (Fsp3) is 0. The van der Waals surface area contributed by atoms with Gasteiger partial charge in [0.2, 0.25) is 0 Å². The van der Waals surface area contributed by atoms with Crippen LogP contribution in [0.1, 0.15) is 0 Å². The van der Waals surface area contributed by atoms with E-state index in [9.17, 15) is 0 Å². The second kappa shape index (κ2) is 5.02. The standard InChI is InChI=1S/Na.HO3P/c;1-4(2)3/h;(H-,1,2,3)/q+1;/p+1. The van der Waals surface area contributed by atoms with Crippen molar-refractivity contribution in [3.05, 3.63) is 0 Å². The van der Waals surface area contributed by atoms with E-state index in [1.165, 1.54) is 0 Å². The van der Waals surface area contributed by atoms with Gasteiger partial charge in [0.15, 0.2) is 0 Å². The molecule has 5 heavy (non-hydrogen) atoms. The zero-order valence-corrected chi connectivity index (χ0v) is 5.64. The van der Waals surface area contributed by atoms with Crippen LogP contribution in [0.25, 0.3) is 0 Å². The Morgan fingerprint density at radius 2 is 1.40 bits per heavy atom. The normalized spacial score (nSPS) is 5.20. The average Bonchev–Trinajstić information content (AvgIpc) is 0.811. The molecule has 0 aliphatic rings. The van der Waals surface area contributed by atoms with Gasteiger partial charge in [-0.1, -0.05) is 0 Å². The molecular weight excluding hydrogens is 102 g/mol. The van der Waals surface area contributed by atoms with Crippen molar-refractivity contribution in [3.8, 4) is 0 Å². The van der Waals surface area contributed by atoms with Gasteiger partial charge in [0.1, 0.15) is 0 Å². The van der Waals surface area contributed by atoms with Gasteiger partial charge in [0, 0.05) is 4.57 Å². The van der Waals surface area contributed by atoms with Crippen LogP contribution in [-0.2, 0) is 4.57 Å². The minimum Gasteiger partial charge on any atom is -0.134 e. The molecule has 0 amide bonds. The van der Waals surface area contributed by atoms with Crippen molar-refractivity contribution < 1.29 is 43.9 Å². The van der Waals surface area contributed by atoms with Gasteiger partial charge in [-0.3, -0.25) is 0 Å². The Morgan fingerprint density at radius 3 is 1.40 bits per heavy atom. The topological polar surface area (TPSA) is 57.5 Å². The van der Waals surface area contributed by atoms with Gasteiger partial charge in [0.25, 0.3) is 0 Å². The van der Waals surface area contributed by atoms with Gasteiger partial charge >= 0.3 is 37.8 Å². The van der Waals surface area contributed by atoms with Gasteiger partial charge < -0.3 is 0 Å². The molecule has 0 saturated carbocycles. The molecule has 3 nitrogen and oxygen atoms in total. The maximum Gasteiger partial charge on any atom is 1.00 e. The molecule has 0 unspecified atom stereocenters. The van der Waals surface area contributed by atoms with E-state index >= 15 is 0 Å². The Labute approximate surface area is 52.3 Å². The number of rotatable bonds is 0. The third-order valence-electron chi connectivity index (χ3n) is 0. The van der Waals surface area contributed by atoms with Gasteiger partial charge in [-0.15, -0.1) is 9.79 Å². The molecule has 0 spiro atoms. The van der Waals surface area contributed by atoms with Gasteiger partial charge in [-0.2, -0.15) is 0 Å². The van der Waals surface area contributed by atoms with Crippen LogP contribution >= 0.6 is 8.25 Å². The Hall–Kier alpha value is 1.02. The van der Waals surface area contributed by atoms with E-state index < -0.39 is 8.25 Å². The molecule has 0 fully saturated rings. The monoisotopic (exact) mass is 104 g/mol. The second-order valence-corrected chi connectivity index (χ2v) is 0.758. The fourth-order valence-corrected chi connectivity index (χ4v) is 0. The first-order chi connectivity index (χ1) is 1.73. The number of hydrogen-bond acceptors (Lipinski definition) is 1. The van der Waals surface area contributed by atoms with Crippen LogP contribution in [-0.4, -0.2) is 9.79 Å². The number of hydrogen-bond donors (Lipinski definition) is 2. The van der Waals surface area contributed by atoms with E-state index in [1.54, 1.807) is 0 Å². The molecule has 0 aliphatic heterocycles. The van der Waals surface area contributed by atoms with Gasteiger partial charge in [-0.05, 0) is 0 Å². The molecule has 0 aliphatic carbocycles. The molecule has 2 N–H and O–H groups in total. The summed E-state index contributed by atoms with van der Waals surface area (Å²) in [5.74, 6) is 0. The SMILES string of the molecule is O=[P+](O)O.[Na+]. The van der Waals surface area contributed by atoms with Crippen molar-refractivity contribution in [2.75, 3.05) is 0 Å². The Kier molecular flexibility index (Phi) is 9.43. The summed E-state index contributed by atoms with van der Waals surface area (Å²) < 4.78 is 8.70. The first-order valence-electron chi connectivity index (χ1n) is 0.583. The third-order valence-corrected chi connectivity index (χ3v) is 0. The molecule has 24 valence electrons. The van der Waals surface area contributed by atoms with Gasteiger partial charge in [-0.25, -0.2) is 0 Å². The zero-order valence-electron chi connectivity index (χ0n) is 2.75. The molecule has 0 atom stereocenters. The summed E-state index contributed by atoms with van der Waals surface area (Å²) in [4.78, 5) is 14.2. The van der Waals surface area contributed by atoms with Crippen LogP contribution in [0.4, 0.5) is 0 Å². The van der Waals surface area contributed by atoms with Crippen LogP contribution in [0.5, 0.6) is 0 Å². The van der Waals surface area contributed by atoms with Crippen molar-refractivity contribution in [2.24, 2.45) is 0 Å². The average molecular weight is 104 g/mol. The predicted molar refractivity (Wildman–Crippen MR) is 12.0 cm³/mol. The smallest absolute Gasteiger partial charge is 0.134 e. The van der Waals surface area contributed by atoms with Crippen LogP contribution in [0, 0.1) is 0 Å². The first kappa shape index (κ1) is 9.39. The first-order valence-corrected chi connectivity index (χ1v) is 1.75. The van der Waals surface area contributed by atoms with Crippen LogP contribution < -0.4 is 29.6 Å². The summed E-state index contributed by atoms with van der Waals surface area (Å²) in [6.07, 6.45) is 0. The Morgan fingerprint density at radius 1 is 1.40 bits per heavy atom. The Bertz CT molecular complexity index is 29.9. The summed E-state index contributed by atoms with van der Waals surface area (Å²) in [5, 5.41) is 0. The van der Waals surface area contributed by atoms with E-state index in [-0.39, 0.29) is 29.6 Å². The fourth-order valence-electron chi connectivity index (χ4n) is 0. The van der Waals surface area contributed by atoms with Crippen molar-refractivity contribution >= 4 is 8.25 Å². The summed E-state index contributed by atoms with van der Waals surface area (Å²) in [6, 6.07) is 0. The minimum absolute atomic E-state index is 0. The second-order valence-electron chi connectivity index (χ2n) is 0.253. The van der Waals surface area contributed by atoms with E-state index in [1.807, 2.05) is 0 Å².